The van der Waals surface area contributed by atoms with Crippen molar-refractivity contribution in [3.05, 3.63) is 53.1 Å². The molecule has 0 radical (unpaired) electrons. The zero-order valence-electron chi connectivity index (χ0n) is 11.0. The first-order valence-corrected chi connectivity index (χ1v) is 6.47. The van der Waals surface area contributed by atoms with Crippen molar-refractivity contribution in [1.29, 1.82) is 0 Å². The summed E-state index contributed by atoms with van der Waals surface area (Å²) in [5, 5.41) is 3.30. The molecule has 0 aliphatic rings. The molecule has 0 bridgehead atoms. The summed E-state index contributed by atoms with van der Waals surface area (Å²) in [5.41, 5.74) is 7.87. The van der Waals surface area contributed by atoms with Crippen LogP contribution in [0.3, 0.4) is 0 Å². The predicted octanol–water partition coefficient (Wildman–Crippen LogP) is 3.25. The minimum absolute atomic E-state index is 0.103. The van der Waals surface area contributed by atoms with Crippen LogP contribution in [-0.2, 0) is 4.79 Å². The van der Waals surface area contributed by atoms with Gasteiger partial charge in [-0.05, 0) is 36.8 Å². The monoisotopic (exact) mass is 290 g/mol. The number of benzene rings is 2. The van der Waals surface area contributed by atoms with E-state index < -0.39 is 0 Å². The molecule has 0 unspecified atom stereocenters. The standard InChI is InChI=1S/C15H15ClN2O2/c1-10-4-2-7-13(17)15(10)18-14(19)9-20-12-6-3-5-11(16)8-12/h2-8H,9,17H2,1H3,(H,18,19). The first-order valence-electron chi connectivity index (χ1n) is 6.09. The highest BCUT2D eigenvalue weighted by atomic mass is 35.5. The van der Waals surface area contributed by atoms with Gasteiger partial charge in [0.15, 0.2) is 6.61 Å². The highest BCUT2D eigenvalue weighted by molar-refractivity contribution is 6.30. The van der Waals surface area contributed by atoms with Gasteiger partial charge in [-0.1, -0.05) is 29.8 Å². The Morgan fingerprint density at radius 1 is 1.30 bits per heavy atom. The maximum absolute atomic E-state index is 11.9. The van der Waals surface area contributed by atoms with Crippen LogP contribution in [0.1, 0.15) is 5.56 Å². The van der Waals surface area contributed by atoms with E-state index in [-0.39, 0.29) is 12.5 Å². The molecule has 0 heterocycles. The summed E-state index contributed by atoms with van der Waals surface area (Å²) in [6.45, 7) is 1.78. The van der Waals surface area contributed by atoms with E-state index in [1.165, 1.54) is 0 Å². The van der Waals surface area contributed by atoms with Crippen molar-refractivity contribution in [1.82, 2.24) is 0 Å². The number of anilines is 2. The lowest BCUT2D eigenvalue weighted by Gasteiger charge is -2.11. The summed E-state index contributed by atoms with van der Waals surface area (Å²) in [6.07, 6.45) is 0. The molecule has 1 amide bonds. The zero-order chi connectivity index (χ0) is 14.5. The lowest BCUT2D eigenvalue weighted by atomic mass is 10.1. The van der Waals surface area contributed by atoms with Gasteiger partial charge in [-0.15, -0.1) is 0 Å². The van der Waals surface area contributed by atoms with E-state index in [2.05, 4.69) is 5.32 Å². The van der Waals surface area contributed by atoms with Crippen LogP contribution in [0.2, 0.25) is 5.02 Å². The smallest absolute Gasteiger partial charge is 0.262 e. The molecule has 0 fully saturated rings. The van der Waals surface area contributed by atoms with Gasteiger partial charge in [0.1, 0.15) is 5.75 Å². The van der Waals surface area contributed by atoms with Gasteiger partial charge in [-0.3, -0.25) is 4.79 Å². The molecule has 20 heavy (non-hydrogen) atoms. The summed E-state index contributed by atoms with van der Waals surface area (Å²) in [7, 11) is 0. The summed E-state index contributed by atoms with van der Waals surface area (Å²) >= 11 is 5.83. The molecule has 0 atom stereocenters. The van der Waals surface area contributed by atoms with Crippen molar-refractivity contribution in [2.45, 2.75) is 6.92 Å². The van der Waals surface area contributed by atoms with Gasteiger partial charge in [-0.25, -0.2) is 0 Å². The largest absolute Gasteiger partial charge is 0.484 e. The van der Waals surface area contributed by atoms with E-state index >= 15 is 0 Å². The molecule has 104 valence electrons. The topological polar surface area (TPSA) is 64.3 Å². The molecular weight excluding hydrogens is 276 g/mol. The second-order valence-corrected chi connectivity index (χ2v) is 4.77. The first-order chi connectivity index (χ1) is 9.56. The van der Waals surface area contributed by atoms with Crippen molar-refractivity contribution >= 4 is 28.9 Å². The minimum Gasteiger partial charge on any atom is -0.484 e. The first kappa shape index (κ1) is 14.2. The number of hydrogen-bond acceptors (Lipinski definition) is 3. The highest BCUT2D eigenvalue weighted by Crippen LogP contribution is 2.22. The van der Waals surface area contributed by atoms with Crippen molar-refractivity contribution in [3.63, 3.8) is 0 Å². The zero-order valence-corrected chi connectivity index (χ0v) is 11.8. The van der Waals surface area contributed by atoms with Crippen molar-refractivity contribution < 1.29 is 9.53 Å². The quantitative estimate of drug-likeness (QED) is 0.850. The van der Waals surface area contributed by atoms with Crippen molar-refractivity contribution in [3.8, 4) is 5.75 Å². The number of carbonyl (C=O) groups is 1. The van der Waals surface area contributed by atoms with Gasteiger partial charge in [0.25, 0.3) is 5.91 Å². The van der Waals surface area contributed by atoms with E-state index in [0.717, 1.165) is 5.56 Å². The third-order valence-electron chi connectivity index (χ3n) is 2.74. The Bertz CT molecular complexity index is 609. The number of nitrogen functional groups attached to an aromatic ring is 1. The molecule has 0 aliphatic carbocycles. The second-order valence-electron chi connectivity index (χ2n) is 4.33. The molecule has 0 saturated carbocycles. The number of aryl methyl sites for hydroxylation is 1. The van der Waals surface area contributed by atoms with Gasteiger partial charge in [0.2, 0.25) is 0 Å². The lowest BCUT2D eigenvalue weighted by molar-refractivity contribution is -0.118. The van der Waals surface area contributed by atoms with Crippen LogP contribution in [0.25, 0.3) is 0 Å². The Morgan fingerprint density at radius 3 is 2.75 bits per heavy atom. The Kier molecular flexibility index (Phi) is 4.48. The molecular formula is C15H15ClN2O2. The molecule has 0 saturated heterocycles. The number of nitrogens with two attached hydrogens (primary N) is 1. The third-order valence-corrected chi connectivity index (χ3v) is 2.97. The number of rotatable bonds is 4. The number of halogens is 1. The molecule has 5 heteroatoms. The molecule has 3 N–H and O–H groups in total. The maximum Gasteiger partial charge on any atom is 0.262 e. The molecule has 2 aromatic rings. The van der Waals surface area contributed by atoms with Gasteiger partial charge < -0.3 is 15.8 Å². The summed E-state index contributed by atoms with van der Waals surface area (Å²) in [6, 6.07) is 12.3. The Balaban J connectivity index is 1.96. The van der Waals surface area contributed by atoms with Crippen molar-refractivity contribution in [2.24, 2.45) is 0 Å². The Labute approximate surface area is 122 Å². The summed E-state index contributed by atoms with van der Waals surface area (Å²) in [4.78, 5) is 11.9. The average Bonchev–Trinajstić information content (AvgIpc) is 2.41. The molecule has 2 aromatic carbocycles. The number of nitrogens with one attached hydrogen (secondary N) is 1. The van der Waals surface area contributed by atoms with E-state index in [1.807, 2.05) is 19.1 Å². The lowest BCUT2D eigenvalue weighted by Crippen LogP contribution is -2.21. The molecule has 2 rings (SSSR count). The minimum atomic E-state index is -0.272. The van der Waals surface area contributed by atoms with Crippen LogP contribution in [-0.4, -0.2) is 12.5 Å². The predicted molar refractivity (Wildman–Crippen MR) is 81.2 cm³/mol. The van der Waals surface area contributed by atoms with Crippen LogP contribution in [0.15, 0.2) is 42.5 Å². The second kappa shape index (κ2) is 6.30. The van der Waals surface area contributed by atoms with E-state index in [1.54, 1.807) is 30.3 Å². The van der Waals surface area contributed by atoms with Gasteiger partial charge in [0, 0.05) is 5.02 Å². The number of para-hydroxylation sites is 1. The molecule has 0 spiro atoms. The number of ether oxygens (including phenoxy) is 1. The maximum atomic E-state index is 11.9. The fraction of sp³-hybridized carbons (Fsp3) is 0.133. The van der Waals surface area contributed by atoms with E-state index in [0.29, 0.717) is 22.1 Å². The van der Waals surface area contributed by atoms with Crippen molar-refractivity contribution in [2.75, 3.05) is 17.7 Å². The third kappa shape index (κ3) is 3.65. The fourth-order valence-corrected chi connectivity index (χ4v) is 1.92. The van der Waals surface area contributed by atoms with E-state index in [9.17, 15) is 4.79 Å². The normalized spacial score (nSPS) is 10.1. The summed E-state index contributed by atoms with van der Waals surface area (Å²) in [5.74, 6) is 0.274. The highest BCUT2D eigenvalue weighted by Gasteiger charge is 2.08. The number of amides is 1. The number of hydrogen-bond donors (Lipinski definition) is 2. The van der Waals surface area contributed by atoms with Crippen LogP contribution >= 0.6 is 11.6 Å². The van der Waals surface area contributed by atoms with Crippen LogP contribution in [0, 0.1) is 6.92 Å². The van der Waals surface area contributed by atoms with Gasteiger partial charge in [0.05, 0.1) is 11.4 Å². The SMILES string of the molecule is Cc1cccc(N)c1NC(=O)COc1cccc(Cl)c1. The van der Waals surface area contributed by atoms with Crippen LogP contribution < -0.4 is 15.8 Å². The fourth-order valence-electron chi connectivity index (χ4n) is 1.74. The van der Waals surface area contributed by atoms with Crippen LogP contribution in [0.4, 0.5) is 11.4 Å². The summed E-state index contributed by atoms with van der Waals surface area (Å²) < 4.78 is 5.36. The Hall–Kier alpha value is -2.20. The van der Waals surface area contributed by atoms with Gasteiger partial charge >= 0.3 is 0 Å². The molecule has 0 aliphatic heterocycles. The number of carbonyl (C=O) groups excluding carboxylic acids is 1. The van der Waals surface area contributed by atoms with Gasteiger partial charge in [-0.2, -0.15) is 0 Å². The average molecular weight is 291 g/mol. The molecule has 4 nitrogen and oxygen atoms in total. The Morgan fingerprint density at radius 2 is 2.05 bits per heavy atom. The molecule has 0 aromatic heterocycles. The van der Waals surface area contributed by atoms with E-state index in [4.69, 9.17) is 22.1 Å². The van der Waals surface area contributed by atoms with Crippen LogP contribution in [0.5, 0.6) is 5.75 Å².